The van der Waals surface area contributed by atoms with Crippen molar-refractivity contribution in [1.82, 2.24) is 4.98 Å². The second-order valence-electron chi connectivity index (χ2n) is 3.90. The number of carbonyl (C=O) groups excluding carboxylic acids is 1. The molecule has 102 valence electrons. The Morgan fingerprint density at radius 1 is 1.53 bits per heavy atom. The van der Waals surface area contributed by atoms with Crippen LogP contribution in [0.1, 0.15) is 27.2 Å². The van der Waals surface area contributed by atoms with Crippen LogP contribution in [-0.4, -0.2) is 24.1 Å². The van der Waals surface area contributed by atoms with Crippen molar-refractivity contribution < 1.29 is 9.53 Å². The summed E-state index contributed by atoms with van der Waals surface area (Å²) in [6.07, 6.45) is 0.963. The molecule has 0 amide bonds. The van der Waals surface area contributed by atoms with Gasteiger partial charge in [0.25, 0.3) is 0 Å². The third kappa shape index (κ3) is 3.78. The number of thiophene rings is 1. The van der Waals surface area contributed by atoms with Gasteiger partial charge in [0.1, 0.15) is 0 Å². The molecule has 0 saturated carbocycles. The molecule has 2 rings (SSSR count). The number of esters is 1. The second kappa shape index (κ2) is 6.68. The Balaban J connectivity index is 1.90. The minimum atomic E-state index is -0.345. The van der Waals surface area contributed by atoms with Crippen LogP contribution in [0.3, 0.4) is 0 Å². The summed E-state index contributed by atoms with van der Waals surface area (Å²) in [5.41, 5.74) is 0.422. The molecule has 0 aliphatic heterocycles. The van der Waals surface area contributed by atoms with E-state index < -0.39 is 0 Å². The molecule has 0 bridgehead atoms. The van der Waals surface area contributed by atoms with Crippen LogP contribution >= 0.6 is 22.7 Å². The zero-order chi connectivity index (χ0) is 13.7. The van der Waals surface area contributed by atoms with E-state index in [2.05, 4.69) is 21.7 Å². The molecule has 4 nitrogen and oxygen atoms in total. The van der Waals surface area contributed by atoms with Crippen LogP contribution in [0.4, 0.5) is 5.13 Å². The van der Waals surface area contributed by atoms with Crippen LogP contribution in [0.5, 0.6) is 0 Å². The Kier molecular flexibility index (Phi) is 4.93. The van der Waals surface area contributed by atoms with Crippen LogP contribution in [-0.2, 0) is 11.2 Å². The molecule has 1 N–H and O–H groups in total. The number of ether oxygens (including phenoxy) is 1. The van der Waals surface area contributed by atoms with Crippen molar-refractivity contribution in [3.05, 3.63) is 33.0 Å². The Morgan fingerprint density at radius 2 is 2.37 bits per heavy atom. The number of hydrogen-bond acceptors (Lipinski definition) is 6. The zero-order valence-corrected chi connectivity index (χ0v) is 12.6. The summed E-state index contributed by atoms with van der Waals surface area (Å²) >= 11 is 3.23. The van der Waals surface area contributed by atoms with E-state index in [1.165, 1.54) is 16.2 Å². The van der Waals surface area contributed by atoms with Gasteiger partial charge in [0.15, 0.2) is 10.8 Å². The number of aryl methyl sites for hydroxylation is 1. The van der Waals surface area contributed by atoms with Gasteiger partial charge in [-0.05, 0) is 31.7 Å². The van der Waals surface area contributed by atoms with E-state index >= 15 is 0 Å². The van der Waals surface area contributed by atoms with E-state index in [1.807, 2.05) is 13.0 Å². The van der Waals surface area contributed by atoms with Gasteiger partial charge >= 0.3 is 5.97 Å². The number of carbonyl (C=O) groups is 1. The molecule has 6 heteroatoms. The lowest BCUT2D eigenvalue weighted by atomic mass is 10.3. The number of aromatic nitrogens is 1. The van der Waals surface area contributed by atoms with Gasteiger partial charge in [-0.2, -0.15) is 0 Å². The summed E-state index contributed by atoms with van der Waals surface area (Å²) in [7, 11) is 0. The maximum atomic E-state index is 11.6. The van der Waals surface area contributed by atoms with Crippen LogP contribution in [0.25, 0.3) is 0 Å². The van der Waals surface area contributed by atoms with Crippen LogP contribution < -0.4 is 5.32 Å². The number of rotatable bonds is 6. The fourth-order valence-corrected chi connectivity index (χ4v) is 3.14. The minimum absolute atomic E-state index is 0.345. The molecular formula is C13H16N2O2S2. The van der Waals surface area contributed by atoms with E-state index in [0.717, 1.165) is 23.0 Å². The summed E-state index contributed by atoms with van der Waals surface area (Å²) in [6, 6.07) is 4.16. The van der Waals surface area contributed by atoms with Crippen LogP contribution in [0, 0.1) is 6.92 Å². The molecule has 0 atom stereocenters. The monoisotopic (exact) mass is 296 g/mol. The van der Waals surface area contributed by atoms with Crippen molar-refractivity contribution in [2.45, 2.75) is 20.3 Å². The first-order chi connectivity index (χ1) is 9.20. The van der Waals surface area contributed by atoms with E-state index in [4.69, 9.17) is 4.74 Å². The standard InChI is InChI=1S/C13H16N2O2S2/c1-3-17-12(16)11-9(2)19-13(15-11)14-7-6-10-5-4-8-18-10/h4-5,8H,3,6-7H2,1-2H3,(H,14,15). The molecule has 2 aromatic rings. The van der Waals surface area contributed by atoms with Crippen LogP contribution in [0.15, 0.2) is 17.5 Å². The molecular weight excluding hydrogens is 280 g/mol. The maximum absolute atomic E-state index is 11.6. The maximum Gasteiger partial charge on any atom is 0.358 e. The van der Waals surface area contributed by atoms with Gasteiger partial charge in [0, 0.05) is 16.3 Å². The fourth-order valence-electron chi connectivity index (χ4n) is 1.61. The van der Waals surface area contributed by atoms with Crippen molar-refractivity contribution in [3.8, 4) is 0 Å². The minimum Gasteiger partial charge on any atom is -0.461 e. The Bertz CT molecular complexity index is 535. The lowest BCUT2D eigenvalue weighted by molar-refractivity contribution is 0.0519. The molecule has 0 radical (unpaired) electrons. The summed E-state index contributed by atoms with van der Waals surface area (Å²) < 4.78 is 4.96. The highest BCUT2D eigenvalue weighted by Crippen LogP contribution is 2.22. The average Bonchev–Trinajstić information content (AvgIpc) is 2.99. The zero-order valence-electron chi connectivity index (χ0n) is 10.9. The van der Waals surface area contributed by atoms with Crippen molar-refractivity contribution in [2.75, 3.05) is 18.5 Å². The van der Waals surface area contributed by atoms with Crippen molar-refractivity contribution in [1.29, 1.82) is 0 Å². The molecule has 0 aliphatic rings. The number of nitrogens with one attached hydrogen (secondary N) is 1. The summed E-state index contributed by atoms with van der Waals surface area (Å²) in [5.74, 6) is -0.345. The highest BCUT2D eigenvalue weighted by Gasteiger charge is 2.16. The molecule has 0 aliphatic carbocycles. The molecule has 0 unspecified atom stereocenters. The van der Waals surface area contributed by atoms with Gasteiger partial charge in [0.2, 0.25) is 0 Å². The summed E-state index contributed by atoms with van der Waals surface area (Å²) in [4.78, 5) is 18.1. The van der Waals surface area contributed by atoms with Gasteiger partial charge < -0.3 is 10.1 Å². The van der Waals surface area contributed by atoms with Gasteiger partial charge in [-0.25, -0.2) is 9.78 Å². The largest absolute Gasteiger partial charge is 0.461 e. The second-order valence-corrected chi connectivity index (χ2v) is 6.14. The van der Waals surface area contributed by atoms with Gasteiger partial charge in [-0.1, -0.05) is 6.07 Å². The number of anilines is 1. The molecule has 0 spiro atoms. The molecule has 2 aromatic heterocycles. The first-order valence-corrected chi connectivity index (χ1v) is 7.81. The Labute approximate surface area is 120 Å². The fraction of sp³-hybridized carbons (Fsp3) is 0.385. The lowest BCUT2D eigenvalue weighted by Gasteiger charge is -2.00. The number of hydrogen-bond donors (Lipinski definition) is 1. The van der Waals surface area contributed by atoms with Crippen molar-refractivity contribution in [2.24, 2.45) is 0 Å². The van der Waals surface area contributed by atoms with Gasteiger partial charge in [-0.3, -0.25) is 0 Å². The lowest BCUT2D eigenvalue weighted by Crippen LogP contribution is -2.07. The first-order valence-electron chi connectivity index (χ1n) is 6.11. The molecule has 19 heavy (non-hydrogen) atoms. The normalized spacial score (nSPS) is 10.4. The third-order valence-electron chi connectivity index (χ3n) is 2.49. The van der Waals surface area contributed by atoms with Crippen molar-refractivity contribution >= 4 is 33.8 Å². The summed E-state index contributed by atoms with van der Waals surface area (Å²) in [5, 5.41) is 6.09. The molecule has 0 fully saturated rings. The molecule has 0 aromatic carbocycles. The van der Waals surface area contributed by atoms with Gasteiger partial charge in [-0.15, -0.1) is 22.7 Å². The molecule has 0 saturated heterocycles. The first kappa shape index (κ1) is 14.0. The highest BCUT2D eigenvalue weighted by molar-refractivity contribution is 7.15. The van der Waals surface area contributed by atoms with E-state index in [9.17, 15) is 4.79 Å². The Hall–Kier alpha value is -1.40. The summed E-state index contributed by atoms with van der Waals surface area (Å²) in [6.45, 7) is 4.86. The molecule has 2 heterocycles. The van der Waals surface area contributed by atoms with E-state index in [1.54, 1.807) is 18.3 Å². The van der Waals surface area contributed by atoms with Crippen molar-refractivity contribution in [3.63, 3.8) is 0 Å². The average molecular weight is 296 g/mol. The predicted octanol–water partition coefficient (Wildman–Crippen LogP) is 3.34. The SMILES string of the molecule is CCOC(=O)c1nc(NCCc2cccs2)sc1C. The quantitative estimate of drug-likeness (QED) is 0.831. The number of nitrogens with zero attached hydrogens (tertiary/aromatic N) is 1. The smallest absolute Gasteiger partial charge is 0.358 e. The number of thiazole rings is 1. The van der Waals surface area contributed by atoms with Gasteiger partial charge in [0.05, 0.1) is 6.61 Å². The highest BCUT2D eigenvalue weighted by atomic mass is 32.1. The third-order valence-corrected chi connectivity index (χ3v) is 4.36. The van der Waals surface area contributed by atoms with E-state index in [0.29, 0.717) is 12.3 Å². The van der Waals surface area contributed by atoms with Crippen LogP contribution in [0.2, 0.25) is 0 Å². The Morgan fingerprint density at radius 3 is 3.05 bits per heavy atom. The predicted molar refractivity (Wildman–Crippen MR) is 79.3 cm³/mol. The topological polar surface area (TPSA) is 51.2 Å². The van der Waals surface area contributed by atoms with E-state index in [-0.39, 0.29) is 5.97 Å².